The second kappa shape index (κ2) is 6.55. The van der Waals surface area contributed by atoms with Gasteiger partial charge in [0.25, 0.3) is 5.69 Å². The van der Waals surface area contributed by atoms with E-state index in [2.05, 4.69) is 5.32 Å². The van der Waals surface area contributed by atoms with Crippen LogP contribution in [-0.4, -0.2) is 23.0 Å². The van der Waals surface area contributed by atoms with Crippen LogP contribution < -0.4 is 5.32 Å². The molecule has 1 fully saturated rings. The summed E-state index contributed by atoms with van der Waals surface area (Å²) in [6.45, 7) is 0.460. The summed E-state index contributed by atoms with van der Waals surface area (Å²) in [4.78, 5) is 9.79. The molecule has 1 saturated heterocycles. The van der Waals surface area contributed by atoms with Gasteiger partial charge in [-0.1, -0.05) is 0 Å². The third-order valence-electron chi connectivity index (χ3n) is 3.44. The average Bonchev–Trinajstić information content (AvgIpc) is 2.45. The van der Waals surface area contributed by atoms with Gasteiger partial charge < -0.3 is 5.32 Å². The highest BCUT2D eigenvalue weighted by Gasteiger charge is 2.35. The highest BCUT2D eigenvalue weighted by molar-refractivity contribution is 7.99. The monoisotopic (exact) mass is 320 g/mol. The summed E-state index contributed by atoms with van der Waals surface area (Å²) in [7, 11) is 0. The Morgan fingerprint density at radius 2 is 2.00 bits per heavy atom. The first-order valence-electron chi connectivity index (χ1n) is 6.55. The molecule has 0 unspecified atom stereocenters. The van der Waals surface area contributed by atoms with Crippen molar-refractivity contribution >= 4 is 23.1 Å². The van der Waals surface area contributed by atoms with Crippen molar-refractivity contribution in [2.24, 2.45) is 5.92 Å². The average molecular weight is 320 g/mol. The summed E-state index contributed by atoms with van der Waals surface area (Å²) in [6, 6.07) is 2.81. The van der Waals surface area contributed by atoms with Gasteiger partial charge in [0, 0.05) is 24.4 Å². The van der Waals surface area contributed by atoms with Gasteiger partial charge in [-0.15, -0.1) is 0 Å². The Labute approximate surface area is 124 Å². The molecule has 0 aromatic heterocycles. The fraction of sp³-hybridized carbons (Fsp3) is 0.538. The van der Waals surface area contributed by atoms with Crippen LogP contribution in [0.1, 0.15) is 18.4 Å². The number of thioether (sulfide) groups is 1. The Balaban J connectivity index is 2.15. The highest BCUT2D eigenvalue weighted by atomic mass is 32.2. The first-order chi connectivity index (χ1) is 9.88. The summed E-state index contributed by atoms with van der Waals surface area (Å²) in [5, 5.41) is 13.4. The fourth-order valence-electron chi connectivity index (χ4n) is 2.24. The molecule has 1 aliphatic rings. The number of nitro benzene ring substituents is 1. The van der Waals surface area contributed by atoms with E-state index in [1.165, 1.54) is 0 Å². The van der Waals surface area contributed by atoms with Crippen molar-refractivity contribution < 1.29 is 18.1 Å². The van der Waals surface area contributed by atoms with Gasteiger partial charge in [0.05, 0.1) is 10.5 Å². The third kappa shape index (κ3) is 4.26. The largest absolute Gasteiger partial charge is 0.418 e. The van der Waals surface area contributed by atoms with E-state index < -0.39 is 22.4 Å². The summed E-state index contributed by atoms with van der Waals surface area (Å²) in [6.07, 6.45) is -2.66. The SMILES string of the molecule is O=[N+]([O-])c1ccc(NCC2CCSCC2)c(C(F)(F)F)c1. The van der Waals surface area contributed by atoms with Crippen molar-refractivity contribution in [2.75, 3.05) is 23.4 Å². The van der Waals surface area contributed by atoms with Crippen LogP contribution in [-0.2, 0) is 6.18 Å². The maximum absolute atomic E-state index is 13.0. The molecule has 1 aromatic carbocycles. The third-order valence-corrected chi connectivity index (χ3v) is 4.49. The normalized spacial score (nSPS) is 16.7. The standard InChI is InChI=1S/C13H15F3N2O2S/c14-13(15,16)11-7-10(18(19)20)1-2-12(11)17-8-9-3-5-21-6-4-9/h1-2,7,9,17H,3-6,8H2. The van der Waals surface area contributed by atoms with Crippen molar-refractivity contribution in [3.63, 3.8) is 0 Å². The molecule has 2 rings (SSSR count). The van der Waals surface area contributed by atoms with Gasteiger partial charge in [0.15, 0.2) is 0 Å². The zero-order chi connectivity index (χ0) is 15.5. The maximum Gasteiger partial charge on any atom is 0.418 e. The highest BCUT2D eigenvalue weighted by Crippen LogP contribution is 2.37. The van der Waals surface area contributed by atoms with Gasteiger partial charge >= 0.3 is 6.18 Å². The molecule has 1 N–H and O–H groups in total. The van der Waals surface area contributed by atoms with E-state index in [1.54, 1.807) is 0 Å². The van der Waals surface area contributed by atoms with Crippen molar-refractivity contribution in [1.29, 1.82) is 0 Å². The Morgan fingerprint density at radius 3 is 2.57 bits per heavy atom. The second-order valence-corrected chi connectivity index (χ2v) is 6.15. The number of anilines is 1. The zero-order valence-electron chi connectivity index (χ0n) is 11.2. The quantitative estimate of drug-likeness (QED) is 0.668. The lowest BCUT2D eigenvalue weighted by Crippen LogP contribution is -2.20. The van der Waals surface area contributed by atoms with Crippen LogP contribution in [0.3, 0.4) is 0 Å². The van der Waals surface area contributed by atoms with E-state index in [-0.39, 0.29) is 5.69 Å². The van der Waals surface area contributed by atoms with Gasteiger partial charge in [-0.25, -0.2) is 0 Å². The van der Waals surface area contributed by atoms with E-state index >= 15 is 0 Å². The lowest BCUT2D eigenvalue weighted by molar-refractivity contribution is -0.385. The zero-order valence-corrected chi connectivity index (χ0v) is 12.0. The topological polar surface area (TPSA) is 55.2 Å². The summed E-state index contributed by atoms with van der Waals surface area (Å²) in [5.74, 6) is 2.40. The van der Waals surface area contributed by atoms with Crippen LogP contribution >= 0.6 is 11.8 Å². The summed E-state index contributed by atoms with van der Waals surface area (Å²) in [5.41, 5.74) is -1.63. The minimum atomic E-state index is -4.61. The molecule has 116 valence electrons. The Morgan fingerprint density at radius 1 is 1.33 bits per heavy atom. The number of nitro groups is 1. The Kier molecular flexibility index (Phi) is 4.97. The lowest BCUT2D eigenvalue weighted by Gasteiger charge is -2.23. The predicted molar refractivity (Wildman–Crippen MR) is 76.6 cm³/mol. The van der Waals surface area contributed by atoms with Crippen molar-refractivity contribution in [2.45, 2.75) is 19.0 Å². The number of hydrogen-bond acceptors (Lipinski definition) is 4. The molecule has 21 heavy (non-hydrogen) atoms. The number of alkyl halides is 3. The van der Waals surface area contributed by atoms with Crippen molar-refractivity contribution in [3.8, 4) is 0 Å². The Hall–Kier alpha value is -1.44. The van der Waals surface area contributed by atoms with Crippen LogP contribution in [0.5, 0.6) is 0 Å². The molecular formula is C13H15F3N2O2S. The van der Waals surface area contributed by atoms with Gasteiger partial charge in [-0.05, 0) is 36.3 Å². The van der Waals surface area contributed by atoms with Crippen LogP contribution in [0.4, 0.5) is 24.5 Å². The number of hydrogen-bond donors (Lipinski definition) is 1. The van der Waals surface area contributed by atoms with Crippen LogP contribution in [0.2, 0.25) is 0 Å². The molecule has 1 aromatic rings. The molecule has 1 heterocycles. The van der Waals surface area contributed by atoms with E-state index in [4.69, 9.17) is 0 Å². The number of non-ortho nitro benzene ring substituents is 1. The number of nitrogens with zero attached hydrogens (tertiary/aromatic N) is 1. The molecule has 0 saturated carbocycles. The van der Waals surface area contributed by atoms with Crippen molar-refractivity contribution in [1.82, 2.24) is 0 Å². The summed E-state index contributed by atoms with van der Waals surface area (Å²) >= 11 is 1.85. The second-order valence-electron chi connectivity index (χ2n) is 4.92. The molecule has 4 nitrogen and oxygen atoms in total. The van der Waals surface area contributed by atoms with Crippen molar-refractivity contribution in [3.05, 3.63) is 33.9 Å². The van der Waals surface area contributed by atoms with Gasteiger partial charge in [-0.2, -0.15) is 24.9 Å². The molecule has 0 bridgehead atoms. The van der Waals surface area contributed by atoms with Crippen LogP contribution in [0, 0.1) is 16.0 Å². The number of rotatable bonds is 4. The lowest BCUT2D eigenvalue weighted by atomic mass is 10.0. The smallest absolute Gasteiger partial charge is 0.384 e. The molecule has 0 amide bonds. The van der Waals surface area contributed by atoms with Crippen LogP contribution in [0.15, 0.2) is 18.2 Å². The predicted octanol–water partition coefficient (Wildman–Crippen LogP) is 4.17. The molecular weight excluding hydrogens is 305 g/mol. The maximum atomic E-state index is 13.0. The van der Waals surface area contributed by atoms with Crippen LogP contribution in [0.25, 0.3) is 0 Å². The van der Waals surface area contributed by atoms with E-state index in [0.29, 0.717) is 18.5 Å². The fourth-order valence-corrected chi connectivity index (χ4v) is 3.44. The van der Waals surface area contributed by atoms with Gasteiger partial charge in [0.1, 0.15) is 0 Å². The molecule has 0 aliphatic carbocycles. The molecule has 1 aliphatic heterocycles. The van der Waals surface area contributed by atoms with Gasteiger partial charge in [0.2, 0.25) is 0 Å². The number of nitrogens with one attached hydrogen (secondary N) is 1. The molecule has 0 spiro atoms. The van der Waals surface area contributed by atoms with Gasteiger partial charge in [-0.3, -0.25) is 10.1 Å². The molecule has 0 atom stereocenters. The molecule has 0 radical (unpaired) electrons. The number of halogens is 3. The molecule has 8 heteroatoms. The van der Waals surface area contributed by atoms with E-state index in [0.717, 1.165) is 36.5 Å². The Bertz CT molecular complexity index is 517. The first kappa shape index (κ1) is 15.9. The van der Waals surface area contributed by atoms with E-state index in [9.17, 15) is 23.3 Å². The minimum absolute atomic E-state index is 0.0914. The first-order valence-corrected chi connectivity index (χ1v) is 7.70. The number of benzene rings is 1. The minimum Gasteiger partial charge on any atom is -0.384 e. The van der Waals surface area contributed by atoms with E-state index in [1.807, 2.05) is 11.8 Å². The summed E-state index contributed by atoms with van der Waals surface area (Å²) < 4.78 is 39.0.